The molecule has 2 unspecified atom stereocenters. The summed E-state index contributed by atoms with van der Waals surface area (Å²) in [5.74, 6) is 1.64. The second kappa shape index (κ2) is 6.57. The molecule has 0 aliphatic heterocycles. The average Bonchev–Trinajstić information content (AvgIpc) is 2.18. The molecule has 0 aromatic heterocycles. The first-order valence-corrected chi connectivity index (χ1v) is 7.46. The first-order valence-electron chi connectivity index (χ1n) is 5.73. The molecule has 84 valence electrons. The van der Waals surface area contributed by atoms with E-state index in [1.807, 2.05) is 0 Å². The quantitative estimate of drug-likeness (QED) is 0.762. The van der Waals surface area contributed by atoms with Crippen molar-refractivity contribution in [2.75, 3.05) is 18.6 Å². The molecule has 0 heterocycles. The van der Waals surface area contributed by atoms with Gasteiger partial charge in [0.25, 0.3) is 0 Å². The van der Waals surface area contributed by atoms with E-state index in [-0.39, 0.29) is 0 Å². The van der Waals surface area contributed by atoms with Gasteiger partial charge in [0.15, 0.2) is 0 Å². The van der Waals surface area contributed by atoms with Gasteiger partial charge in [0, 0.05) is 35.4 Å². The highest BCUT2D eigenvalue weighted by Crippen LogP contribution is 2.26. The van der Waals surface area contributed by atoms with Crippen LogP contribution in [0.5, 0.6) is 0 Å². The predicted octanol–water partition coefficient (Wildman–Crippen LogP) is 1.92. The Morgan fingerprint density at radius 2 is 2.00 bits per heavy atom. The van der Waals surface area contributed by atoms with Crippen LogP contribution in [0.4, 0.5) is 0 Å². The molecule has 1 rings (SSSR count). The van der Waals surface area contributed by atoms with Gasteiger partial charge in [-0.25, -0.2) is 0 Å². The smallest absolute Gasteiger partial charge is 0.0357 e. The summed E-state index contributed by atoms with van der Waals surface area (Å²) in [5, 5.41) is 3.49. The van der Waals surface area contributed by atoms with E-state index in [9.17, 15) is 4.21 Å². The summed E-state index contributed by atoms with van der Waals surface area (Å²) < 4.78 is 10.9. The van der Waals surface area contributed by atoms with Gasteiger partial charge in [-0.05, 0) is 25.7 Å². The fourth-order valence-corrected chi connectivity index (χ4v) is 2.64. The third-order valence-corrected chi connectivity index (χ3v) is 3.99. The highest BCUT2D eigenvalue weighted by molar-refractivity contribution is 7.84. The molecule has 0 aromatic carbocycles. The van der Waals surface area contributed by atoms with Gasteiger partial charge in [0.2, 0.25) is 0 Å². The molecule has 14 heavy (non-hydrogen) atoms. The topological polar surface area (TPSA) is 29.1 Å². The lowest BCUT2D eigenvalue weighted by Gasteiger charge is -2.28. The summed E-state index contributed by atoms with van der Waals surface area (Å²) in [4.78, 5) is 0. The Balaban J connectivity index is 2.13. The second-order valence-electron chi connectivity index (χ2n) is 4.42. The van der Waals surface area contributed by atoms with E-state index >= 15 is 0 Å². The van der Waals surface area contributed by atoms with Gasteiger partial charge in [-0.3, -0.25) is 4.21 Å². The maximum atomic E-state index is 10.9. The van der Waals surface area contributed by atoms with Crippen LogP contribution >= 0.6 is 0 Å². The molecule has 1 fully saturated rings. The first kappa shape index (κ1) is 12.2. The Morgan fingerprint density at radius 1 is 1.36 bits per heavy atom. The van der Waals surface area contributed by atoms with E-state index in [0.717, 1.165) is 18.2 Å². The lowest BCUT2D eigenvalue weighted by molar-refractivity contribution is 0.285. The van der Waals surface area contributed by atoms with E-state index in [2.05, 4.69) is 12.2 Å². The van der Waals surface area contributed by atoms with Crippen molar-refractivity contribution in [3.8, 4) is 0 Å². The molecular formula is C11H23NOS. The molecule has 1 aliphatic rings. The maximum absolute atomic E-state index is 10.9. The SMILES string of the molecule is CC(NCCS(C)=O)C1CCCCC1. The second-order valence-corrected chi connectivity index (χ2v) is 5.97. The normalized spacial score (nSPS) is 23.3. The fraction of sp³-hybridized carbons (Fsp3) is 1.00. The van der Waals surface area contributed by atoms with E-state index in [1.54, 1.807) is 6.26 Å². The summed E-state index contributed by atoms with van der Waals surface area (Å²) >= 11 is 0. The van der Waals surface area contributed by atoms with Crippen molar-refractivity contribution < 1.29 is 4.21 Å². The third-order valence-electron chi connectivity index (χ3n) is 3.21. The summed E-state index contributed by atoms with van der Waals surface area (Å²) in [6, 6.07) is 0.610. The van der Waals surface area contributed by atoms with Crippen LogP contribution in [-0.4, -0.2) is 28.8 Å². The summed E-state index contributed by atoms with van der Waals surface area (Å²) in [5.41, 5.74) is 0. The molecule has 2 nitrogen and oxygen atoms in total. The Morgan fingerprint density at radius 3 is 2.57 bits per heavy atom. The zero-order chi connectivity index (χ0) is 10.4. The number of hydrogen-bond acceptors (Lipinski definition) is 2. The molecule has 0 bridgehead atoms. The minimum atomic E-state index is -0.649. The zero-order valence-electron chi connectivity index (χ0n) is 9.42. The Hall–Kier alpha value is 0.110. The standard InChI is InChI=1S/C11H23NOS/c1-10(12-8-9-14(2)13)11-6-4-3-5-7-11/h10-12H,3-9H2,1-2H3. The summed E-state index contributed by atoms with van der Waals surface area (Å²) in [6.07, 6.45) is 8.74. The van der Waals surface area contributed by atoms with E-state index < -0.39 is 10.8 Å². The van der Waals surface area contributed by atoms with E-state index in [1.165, 1.54) is 32.1 Å². The van der Waals surface area contributed by atoms with Crippen LogP contribution < -0.4 is 5.32 Å². The molecule has 0 radical (unpaired) electrons. The van der Waals surface area contributed by atoms with Crippen molar-refractivity contribution in [2.24, 2.45) is 5.92 Å². The van der Waals surface area contributed by atoms with Crippen molar-refractivity contribution >= 4 is 10.8 Å². The van der Waals surface area contributed by atoms with Gasteiger partial charge in [0.1, 0.15) is 0 Å². The first-order chi connectivity index (χ1) is 6.70. The molecule has 2 atom stereocenters. The van der Waals surface area contributed by atoms with E-state index in [0.29, 0.717) is 6.04 Å². The summed E-state index contributed by atoms with van der Waals surface area (Å²) in [7, 11) is -0.649. The van der Waals surface area contributed by atoms with Crippen molar-refractivity contribution in [3.05, 3.63) is 0 Å². The highest BCUT2D eigenvalue weighted by atomic mass is 32.2. The Labute approximate surface area is 90.3 Å². The van der Waals surface area contributed by atoms with Gasteiger partial charge in [-0.2, -0.15) is 0 Å². The average molecular weight is 217 g/mol. The molecular weight excluding hydrogens is 194 g/mol. The van der Waals surface area contributed by atoms with Crippen molar-refractivity contribution in [1.82, 2.24) is 5.32 Å². The van der Waals surface area contributed by atoms with Crippen LogP contribution in [0.3, 0.4) is 0 Å². The fourth-order valence-electron chi connectivity index (χ4n) is 2.23. The molecule has 3 heteroatoms. The Bertz CT molecular complexity index is 178. The van der Waals surface area contributed by atoms with Crippen LogP contribution in [0.2, 0.25) is 0 Å². The number of rotatable bonds is 5. The molecule has 1 saturated carbocycles. The predicted molar refractivity (Wildman–Crippen MR) is 63.0 cm³/mol. The number of hydrogen-bond donors (Lipinski definition) is 1. The maximum Gasteiger partial charge on any atom is 0.0357 e. The molecule has 0 spiro atoms. The molecule has 0 saturated heterocycles. The van der Waals surface area contributed by atoms with Gasteiger partial charge in [-0.15, -0.1) is 0 Å². The van der Waals surface area contributed by atoms with E-state index in [4.69, 9.17) is 0 Å². The van der Waals surface area contributed by atoms with Crippen molar-refractivity contribution in [2.45, 2.75) is 45.1 Å². The van der Waals surface area contributed by atoms with Crippen molar-refractivity contribution in [3.63, 3.8) is 0 Å². The monoisotopic (exact) mass is 217 g/mol. The third kappa shape index (κ3) is 4.56. The Kier molecular flexibility index (Phi) is 5.71. The number of nitrogens with one attached hydrogen (secondary N) is 1. The minimum Gasteiger partial charge on any atom is -0.313 e. The summed E-state index contributed by atoms with van der Waals surface area (Å²) in [6.45, 7) is 3.18. The van der Waals surface area contributed by atoms with Gasteiger partial charge < -0.3 is 5.32 Å². The molecule has 1 N–H and O–H groups in total. The lowest BCUT2D eigenvalue weighted by Crippen LogP contribution is -2.36. The van der Waals surface area contributed by atoms with Crippen LogP contribution in [0.1, 0.15) is 39.0 Å². The van der Waals surface area contributed by atoms with Gasteiger partial charge >= 0.3 is 0 Å². The molecule has 0 aromatic rings. The van der Waals surface area contributed by atoms with Crippen LogP contribution in [-0.2, 0) is 10.8 Å². The lowest BCUT2D eigenvalue weighted by atomic mass is 9.84. The molecule has 0 amide bonds. The van der Waals surface area contributed by atoms with Crippen LogP contribution in [0.15, 0.2) is 0 Å². The van der Waals surface area contributed by atoms with Crippen LogP contribution in [0.25, 0.3) is 0 Å². The minimum absolute atomic E-state index is 0.610. The van der Waals surface area contributed by atoms with Crippen molar-refractivity contribution in [1.29, 1.82) is 0 Å². The molecule has 1 aliphatic carbocycles. The van der Waals surface area contributed by atoms with Gasteiger partial charge in [-0.1, -0.05) is 19.3 Å². The highest BCUT2D eigenvalue weighted by Gasteiger charge is 2.19. The van der Waals surface area contributed by atoms with Gasteiger partial charge in [0.05, 0.1) is 0 Å². The van der Waals surface area contributed by atoms with Crippen LogP contribution in [0, 0.1) is 5.92 Å². The largest absolute Gasteiger partial charge is 0.313 e. The zero-order valence-corrected chi connectivity index (χ0v) is 10.2.